The van der Waals surface area contributed by atoms with Gasteiger partial charge in [0.15, 0.2) is 0 Å². The fourth-order valence-corrected chi connectivity index (χ4v) is 1.17. The number of nitrogens with one attached hydrogen (secondary N) is 1. The third kappa shape index (κ3) is 3.72. The molecule has 1 N–H and O–H groups in total. The second-order valence-electron chi connectivity index (χ2n) is 3.21. The lowest BCUT2D eigenvalue weighted by Gasteiger charge is -2.02. The first-order valence-electron chi connectivity index (χ1n) is 5.07. The maximum absolute atomic E-state index is 11.1. The van der Waals surface area contributed by atoms with E-state index >= 15 is 0 Å². The van der Waals surface area contributed by atoms with E-state index in [1.165, 1.54) is 0 Å². The molecule has 0 spiro atoms. The molecular formula is C10H15N3O3. The van der Waals surface area contributed by atoms with Crippen molar-refractivity contribution in [1.29, 1.82) is 0 Å². The number of carbonyl (C=O) groups is 2. The lowest BCUT2D eigenvalue weighted by molar-refractivity contribution is -0.154. The van der Waals surface area contributed by atoms with Gasteiger partial charge in [-0.15, -0.1) is 0 Å². The molecule has 0 atom stereocenters. The van der Waals surface area contributed by atoms with Crippen LogP contribution in [0.15, 0.2) is 12.3 Å². The highest BCUT2D eigenvalue weighted by atomic mass is 16.5. The summed E-state index contributed by atoms with van der Waals surface area (Å²) in [5.74, 6) is -1.55. The summed E-state index contributed by atoms with van der Waals surface area (Å²) in [6, 6.07) is 1.86. The third-order valence-corrected chi connectivity index (χ3v) is 1.90. The summed E-state index contributed by atoms with van der Waals surface area (Å²) in [5, 5.41) is 6.60. The minimum absolute atomic E-state index is 0.201. The van der Waals surface area contributed by atoms with Crippen molar-refractivity contribution in [3.8, 4) is 0 Å². The molecule has 0 aliphatic carbocycles. The molecular weight excluding hydrogens is 210 g/mol. The van der Waals surface area contributed by atoms with Crippen LogP contribution in [0.4, 0.5) is 0 Å². The van der Waals surface area contributed by atoms with Crippen molar-refractivity contribution in [3.05, 3.63) is 18.0 Å². The van der Waals surface area contributed by atoms with Crippen molar-refractivity contribution in [2.75, 3.05) is 13.2 Å². The molecule has 0 bridgehead atoms. The summed E-state index contributed by atoms with van der Waals surface area (Å²) < 4.78 is 6.22. The van der Waals surface area contributed by atoms with E-state index in [-0.39, 0.29) is 6.61 Å². The van der Waals surface area contributed by atoms with Gasteiger partial charge >= 0.3 is 11.9 Å². The molecule has 6 heteroatoms. The number of esters is 1. The molecule has 88 valence electrons. The van der Waals surface area contributed by atoms with Crippen molar-refractivity contribution in [2.45, 2.75) is 13.3 Å². The van der Waals surface area contributed by atoms with Crippen LogP contribution in [-0.2, 0) is 27.8 Å². The fourth-order valence-electron chi connectivity index (χ4n) is 1.17. The van der Waals surface area contributed by atoms with Crippen LogP contribution in [-0.4, -0.2) is 34.8 Å². The second-order valence-corrected chi connectivity index (χ2v) is 3.21. The standard InChI is InChI=1S/C10H15N3O3/c1-3-16-10(15)9(14)11-6-4-8-5-7-13(2)12-8/h5,7H,3-4,6H2,1-2H3,(H,11,14). The molecule has 0 radical (unpaired) electrons. The zero-order valence-electron chi connectivity index (χ0n) is 9.40. The van der Waals surface area contributed by atoms with Crippen LogP contribution < -0.4 is 5.32 Å². The van der Waals surface area contributed by atoms with Crippen molar-refractivity contribution >= 4 is 11.9 Å². The maximum Gasteiger partial charge on any atom is 0.396 e. The molecule has 0 aromatic carbocycles. The SMILES string of the molecule is CCOC(=O)C(=O)NCCc1ccn(C)n1. The van der Waals surface area contributed by atoms with Crippen LogP contribution in [0.2, 0.25) is 0 Å². The zero-order valence-corrected chi connectivity index (χ0v) is 9.40. The quantitative estimate of drug-likeness (QED) is 0.561. The number of amides is 1. The Hall–Kier alpha value is -1.85. The number of carbonyl (C=O) groups excluding carboxylic acids is 2. The Labute approximate surface area is 93.6 Å². The number of hydrogen-bond acceptors (Lipinski definition) is 4. The summed E-state index contributed by atoms with van der Waals surface area (Å²) in [7, 11) is 1.82. The second kappa shape index (κ2) is 5.89. The average molecular weight is 225 g/mol. The third-order valence-electron chi connectivity index (χ3n) is 1.90. The van der Waals surface area contributed by atoms with Gasteiger partial charge in [0.1, 0.15) is 0 Å². The highest BCUT2D eigenvalue weighted by Crippen LogP contribution is 1.93. The molecule has 16 heavy (non-hydrogen) atoms. The summed E-state index contributed by atoms with van der Waals surface area (Å²) in [5.41, 5.74) is 0.867. The average Bonchev–Trinajstić information content (AvgIpc) is 2.64. The van der Waals surface area contributed by atoms with Gasteiger partial charge in [0, 0.05) is 26.2 Å². The fraction of sp³-hybridized carbons (Fsp3) is 0.500. The highest BCUT2D eigenvalue weighted by molar-refractivity contribution is 6.32. The first-order valence-corrected chi connectivity index (χ1v) is 5.07. The number of rotatable bonds is 4. The summed E-state index contributed by atoms with van der Waals surface area (Å²) in [6.07, 6.45) is 2.41. The molecule has 1 rings (SSSR count). The number of aryl methyl sites for hydroxylation is 1. The van der Waals surface area contributed by atoms with Crippen molar-refractivity contribution in [3.63, 3.8) is 0 Å². The topological polar surface area (TPSA) is 73.2 Å². The van der Waals surface area contributed by atoms with Gasteiger partial charge in [-0.1, -0.05) is 0 Å². The smallest absolute Gasteiger partial charge is 0.396 e. The van der Waals surface area contributed by atoms with Gasteiger partial charge < -0.3 is 10.1 Å². The molecule has 1 aromatic heterocycles. The first-order chi connectivity index (χ1) is 7.63. The van der Waals surface area contributed by atoms with E-state index in [0.717, 1.165) is 5.69 Å². The minimum atomic E-state index is -0.844. The molecule has 0 aliphatic rings. The van der Waals surface area contributed by atoms with Crippen LogP contribution in [0.3, 0.4) is 0 Å². The van der Waals surface area contributed by atoms with Crippen LogP contribution >= 0.6 is 0 Å². The Morgan fingerprint density at radius 2 is 2.31 bits per heavy atom. The summed E-state index contributed by atoms with van der Waals surface area (Å²) in [6.45, 7) is 2.22. The van der Waals surface area contributed by atoms with E-state index < -0.39 is 11.9 Å². The van der Waals surface area contributed by atoms with Crippen LogP contribution in [0.25, 0.3) is 0 Å². The van der Waals surface area contributed by atoms with E-state index in [1.807, 2.05) is 19.3 Å². The normalized spacial score (nSPS) is 9.88. The number of aromatic nitrogens is 2. The van der Waals surface area contributed by atoms with Crippen LogP contribution in [0, 0.1) is 0 Å². The van der Waals surface area contributed by atoms with E-state index in [2.05, 4.69) is 15.2 Å². The first kappa shape index (κ1) is 12.2. The van der Waals surface area contributed by atoms with E-state index in [0.29, 0.717) is 13.0 Å². The Bertz CT molecular complexity index is 373. The maximum atomic E-state index is 11.1. The Morgan fingerprint density at radius 1 is 1.56 bits per heavy atom. The monoisotopic (exact) mass is 225 g/mol. The van der Waals surface area contributed by atoms with E-state index in [1.54, 1.807) is 11.6 Å². The predicted octanol–water partition coefficient (Wildman–Crippen LogP) is -0.358. The van der Waals surface area contributed by atoms with Crippen molar-refractivity contribution in [2.24, 2.45) is 7.05 Å². The molecule has 0 unspecified atom stereocenters. The van der Waals surface area contributed by atoms with Gasteiger partial charge in [0.2, 0.25) is 0 Å². The lowest BCUT2D eigenvalue weighted by Crippen LogP contribution is -2.33. The van der Waals surface area contributed by atoms with Gasteiger partial charge in [0.05, 0.1) is 12.3 Å². The number of hydrogen-bond donors (Lipinski definition) is 1. The minimum Gasteiger partial charge on any atom is -0.459 e. The Kier molecular flexibility index (Phi) is 4.50. The molecule has 1 heterocycles. The van der Waals surface area contributed by atoms with Crippen molar-refractivity contribution in [1.82, 2.24) is 15.1 Å². The number of ether oxygens (including phenoxy) is 1. The van der Waals surface area contributed by atoms with E-state index in [9.17, 15) is 9.59 Å². The van der Waals surface area contributed by atoms with Gasteiger partial charge in [-0.05, 0) is 13.0 Å². The lowest BCUT2D eigenvalue weighted by atomic mass is 10.3. The molecule has 0 saturated heterocycles. The van der Waals surface area contributed by atoms with Crippen LogP contribution in [0.5, 0.6) is 0 Å². The molecule has 0 saturated carbocycles. The largest absolute Gasteiger partial charge is 0.459 e. The molecule has 0 fully saturated rings. The Balaban J connectivity index is 2.25. The Morgan fingerprint density at radius 3 is 2.88 bits per heavy atom. The number of nitrogens with zero attached hydrogens (tertiary/aromatic N) is 2. The molecule has 1 amide bonds. The summed E-state index contributed by atoms with van der Waals surface area (Å²) in [4.78, 5) is 22.1. The molecule has 0 aliphatic heterocycles. The van der Waals surface area contributed by atoms with Crippen LogP contribution in [0.1, 0.15) is 12.6 Å². The van der Waals surface area contributed by atoms with Gasteiger partial charge in [0.25, 0.3) is 0 Å². The van der Waals surface area contributed by atoms with Gasteiger partial charge in [-0.25, -0.2) is 4.79 Å². The van der Waals surface area contributed by atoms with E-state index in [4.69, 9.17) is 0 Å². The predicted molar refractivity (Wildman–Crippen MR) is 56.6 cm³/mol. The highest BCUT2D eigenvalue weighted by Gasteiger charge is 2.13. The van der Waals surface area contributed by atoms with Gasteiger partial charge in [-0.3, -0.25) is 9.48 Å². The molecule has 1 aromatic rings. The zero-order chi connectivity index (χ0) is 12.0. The van der Waals surface area contributed by atoms with Gasteiger partial charge in [-0.2, -0.15) is 5.10 Å². The van der Waals surface area contributed by atoms with Crippen molar-refractivity contribution < 1.29 is 14.3 Å². The molecule has 6 nitrogen and oxygen atoms in total. The summed E-state index contributed by atoms with van der Waals surface area (Å²) >= 11 is 0.